The number of nitrogens with one attached hydrogen (secondary N) is 1. The van der Waals surface area contributed by atoms with Crippen LogP contribution in [0.15, 0.2) is 23.7 Å². The van der Waals surface area contributed by atoms with E-state index in [1.165, 1.54) is 34.6 Å². The normalized spacial score (nSPS) is 18.8. The Morgan fingerprint density at radius 3 is 3.11 bits per heavy atom. The number of aromatic nitrogens is 1. The van der Waals surface area contributed by atoms with Crippen molar-refractivity contribution < 1.29 is 0 Å². The molecule has 1 fully saturated rings. The summed E-state index contributed by atoms with van der Waals surface area (Å²) in [5.41, 5.74) is 2.42. The molecule has 102 valence electrons. The maximum absolute atomic E-state index is 4.52. The summed E-state index contributed by atoms with van der Waals surface area (Å²) in [6.45, 7) is 3.39. The molecule has 0 aromatic carbocycles. The first kappa shape index (κ1) is 13.4. The highest BCUT2D eigenvalue weighted by atomic mass is 32.2. The van der Waals surface area contributed by atoms with Crippen molar-refractivity contribution in [1.82, 2.24) is 10.3 Å². The van der Waals surface area contributed by atoms with Crippen molar-refractivity contribution in [1.29, 1.82) is 0 Å². The van der Waals surface area contributed by atoms with Gasteiger partial charge < -0.3 is 5.32 Å². The minimum Gasteiger partial charge on any atom is -0.310 e. The minimum absolute atomic E-state index is 0.397. The predicted molar refractivity (Wildman–Crippen MR) is 86.1 cm³/mol. The Balaban J connectivity index is 1.60. The molecule has 0 saturated carbocycles. The number of thioether (sulfide) groups is 1. The Labute approximate surface area is 123 Å². The first-order chi connectivity index (χ1) is 9.33. The van der Waals surface area contributed by atoms with Gasteiger partial charge in [0.2, 0.25) is 0 Å². The molecule has 0 radical (unpaired) electrons. The van der Waals surface area contributed by atoms with Crippen LogP contribution in [0.4, 0.5) is 0 Å². The van der Waals surface area contributed by atoms with Crippen LogP contribution in [0, 0.1) is 5.92 Å². The lowest BCUT2D eigenvalue weighted by atomic mass is 10.0. The maximum atomic E-state index is 4.52. The SMILES string of the molecule is CC(NCC1CCSCC1)c1cnc2ccsc2c1. The van der Waals surface area contributed by atoms with E-state index in [0.29, 0.717) is 6.04 Å². The van der Waals surface area contributed by atoms with Crippen molar-refractivity contribution in [3.8, 4) is 0 Å². The van der Waals surface area contributed by atoms with Crippen molar-refractivity contribution in [3.63, 3.8) is 0 Å². The van der Waals surface area contributed by atoms with E-state index >= 15 is 0 Å². The third-order valence-corrected chi connectivity index (χ3v) is 5.78. The molecule has 1 atom stereocenters. The molecule has 4 heteroatoms. The van der Waals surface area contributed by atoms with Gasteiger partial charge in [0.15, 0.2) is 0 Å². The highest BCUT2D eigenvalue weighted by Gasteiger charge is 2.15. The van der Waals surface area contributed by atoms with E-state index in [4.69, 9.17) is 0 Å². The molecule has 2 nitrogen and oxygen atoms in total. The van der Waals surface area contributed by atoms with E-state index in [2.05, 4.69) is 46.5 Å². The van der Waals surface area contributed by atoms with Crippen molar-refractivity contribution in [2.45, 2.75) is 25.8 Å². The summed E-state index contributed by atoms with van der Waals surface area (Å²) in [5.74, 6) is 3.54. The zero-order valence-electron chi connectivity index (χ0n) is 11.3. The van der Waals surface area contributed by atoms with Crippen LogP contribution >= 0.6 is 23.1 Å². The number of hydrogen-bond donors (Lipinski definition) is 1. The number of pyridine rings is 1. The van der Waals surface area contributed by atoms with Gasteiger partial charge in [-0.1, -0.05) is 0 Å². The Morgan fingerprint density at radius 2 is 2.26 bits per heavy atom. The van der Waals surface area contributed by atoms with Crippen LogP contribution in [0.3, 0.4) is 0 Å². The Morgan fingerprint density at radius 1 is 1.42 bits per heavy atom. The molecular weight excluding hydrogens is 272 g/mol. The largest absolute Gasteiger partial charge is 0.310 e. The third-order valence-electron chi connectivity index (χ3n) is 3.88. The van der Waals surface area contributed by atoms with Crippen molar-refractivity contribution in [3.05, 3.63) is 29.3 Å². The van der Waals surface area contributed by atoms with Gasteiger partial charge in [-0.2, -0.15) is 11.8 Å². The van der Waals surface area contributed by atoms with Crippen molar-refractivity contribution in [2.75, 3.05) is 18.1 Å². The molecule has 0 aliphatic carbocycles. The number of nitrogens with zero attached hydrogens (tertiary/aromatic N) is 1. The maximum Gasteiger partial charge on any atom is 0.0809 e. The van der Waals surface area contributed by atoms with Crippen LogP contribution in [-0.4, -0.2) is 23.0 Å². The van der Waals surface area contributed by atoms with E-state index in [-0.39, 0.29) is 0 Å². The third kappa shape index (κ3) is 3.30. The lowest BCUT2D eigenvalue weighted by molar-refractivity contribution is 0.421. The standard InChI is InChI=1S/C15H20N2S2/c1-11(16-9-12-2-5-18-6-3-12)13-8-15-14(17-10-13)4-7-19-15/h4,7-8,10-12,16H,2-3,5-6,9H2,1H3. The second-order valence-corrected chi connectivity index (χ2v) is 7.43. The average molecular weight is 292 g/mol. The molecular formula is C15H20N2S2. The van der Waals surface area contributed by atoms with Gasteiger partial charge in [0, 0.05) is 12.2 Å². The summed E-state index contributed by atoms with van der Waals surface area (Å²) in [7, 11) is 0. The molecule has 3 heterocycles. The summed E-state index contributed by atoms with van der Waals surface area (Å²) in [5, 5.41) is 5.79. The van der Waals surface area contributed by atoms with Crippen LogP contribution in [0.25, 0.3) is 10.2 Å². The molecule has 1 N–H and O–H groups in total. The molecule has 1 aliphatic heterocycles. The van der Waals surface area contributed by atoms with Crippen molar-refractivity contribution >= 4 is 33.3 Å². The van der Waals surface area contributed by atoms with Crippen molar-refractivity contribution in [2.24, 2.45) is 5.92 Å². The summed E-state index contributed by atoms with van der Waals surface area (Å²) >= 11 is 3.87. The molecule has 3 rings (SSSR count). The number of thiophene rings is 1. The lowest BCUT2D eigenvalue weighted by Gasteiger charge is -2.24. The van der Waals surface area contributed by atoms with E-state index in [0.717, 1.165) is 18.0 Å². The minimum atomic E-state index is 0.397. The smallest absolute Gasteiger partial charge is 0.0809 e. The van der Waals surface area contributed by atoms with E-state index < -0.39 is 0 Å². The summed E-state index contributed by atoms with van der Waals surface area (Å²) in [6.07, 6.45) is 4.75. The Hall–Kier alpha value is -0.580. The van der Waals surface area contributed by atoms with Gasteiger partial charge in [-0.05, 0) is 66.8 Å². The zero-order chi connectivity index (χ0) is 13.1. The molecule has 2 aromatic rings. The molecule has 2 aromatic heterocycles. The molecule has 1 unspecified atom stereocenters. The second kappa shape index (κ2) is 6.25. The molecule has 1 aliphatic rings. The fourth-order valence-electron chi connectivity index (χ4n) is 2.51. The number of rotatable bonds is 4. The Bertz CT molecular complexity index is 532. The zero-order valence-corrected chi connectivity index (χ0v) is 12.9. The molecule has 19 heavy (non-hydrogen) atoms. The van der Waals surface area contributed by atoms with E-state index in [1.54, 1.807) is 11.3 Å². The number of fused-ring (bicyclic) bond motifs is 1. The highest BCUT2D eigenvalue weighted by molar-refractivity contribution is 7.99. The van der Waals surface area contributed by atoms with Gasteiger partial charge in [0.05, 0.1) is 10.2 Å². The lowest BCUT2D eigenvalue weighted by Crippen LogP contribution is -2.28. The van der Waals surface area contributed by atoms with E-state index in [9.17, 15) is 0 Å². The van der Waals surface area contributed by atoms with Crippen LogP contribution in [0.5, 0.6) is 0 Å². The van der Waals surface area contributed by atoms with Gasteiger partial charge in [0.25, 0.3) is 0 Å². The van der Waals surface area contributed by atoms with Crippen LogP contribution in [0.2, 0.25) is 0 Å². The molecule has 0 amide bonds. The van der Waals surface area contributed by atoms with Crippen LogP contribution < -0.4 is 5.32 Å². The number of hydrogen-bond acceptors (Lipinski definition) is 4. The topological polar surface area (TPSA) is 24.9 Å². The van der Waals surface area contributed by atoms with Crippen LogP contribution in [-0.2, 0) is 0 Å². The highest BCUT2D eigenvalue weighted by Crippen LogP contribution is 2.25. The predicted octanol–water partition coefficient (Wildman–Crippen LogP) is 4.09. The second-order valence-electron chi connectivity index (χ2n) is 5.26. The summed E-state index contributed by atoms with van der Waals surface area (Å²) in [6, 6.07) is 4.76. The average Bonchev–Trinajstić information content (AvgIpc) is 2.93. The quantitative estimate of drug-likeness (QED) is 0.918. The van der Waals surface area contributed by atoms with Gasteiger partial charge in [0.1, 0.15) is 0 Å². The van der Waals surface area contributed by atoms with Gasteiger partial charge in [-0.25, -0.2) is 0 Å². The fraction of sp³-hybridized carbons (Fsp3) is 0.533. The first-order valence-electron chi connectivity index (χ1n) is 6.97. The van der Waals surface area contributed by atoms with E-state index in [1.807, 2.05) is 6.20 Å². The summed E-state index contributed by atoms with van der Waals surface area (Å²) in [4.78, 5) is 4.52. The molecule has 1 saturated heterocycles. The van der Waals surface area contributed by atoms with Gasteiger partial charge in [-0.3, -0.25) is 4.98 Å². The molecule has 0 spiro atoms. The fourth-order valence-corrected chi connectivity index (χ4v) is 4.50. The summed E-state index contributed by atoms with van der Waals surface area (Å²) < 4.78 is 1.29. The van der Waals surface area contributed by atoms with Gasteiger partial charge in [-0.15, -0.1) is 11.3 Å². The van der Waals surface area contributed by atoms with Gasteiger partial charge >= 0.3 is 0 Å². The van der Waals surface area contributed by atoms with Crippen LogP contribution in [0.1, 0.15) is 31.4 Å². The first-order valence-corrected chi connectivity index (χ1v) is 9.00. The Kier molecular flexibility index (Phi) is 4.41. The molecule has 0 bridgehead atoms. The monoisotopic (exact) mass is 292 g/mol.